The number of fused-ring (bicyclic) bond motifs is 1. The van der Waals surface area contributed by atoms with E-state index in [-0.39, 0.29) is 5.91 Å². The number of carbonyl (C=O) groups excluding carboxylic acids is 1. The van der Waals surface area contributed by atoms with Crippen molar-refractivity contribution in [1.29, 1.82) is 0 Å². The van der Waals surface area contributed by atoms with Gasteiger partial charge in [0.15, 0.2) is 11.5 Å². The summed E-state index contributed by atoms with van der Waals surface area (Å²) in [5.41, 5.74) is 5.18. The maximum absolute atomic E-state index is 13.5. The molecule has 32 heavy (non-hydrogen) atoms. The molecular formula is C26H31N3O3. The second-order valence-corrected chi connectivity index (χ2v) is 7.91. The summed E-state index contributed by atoms with van der Waals surface area (Å²) in [5.74, 6) is 1.56. The minimum absolute atomic E-state index is 0.0404. The molecule has 0 saturated carbocycles. The van der Waals surface area contributed by atoms with Gasteiger partial charge < -0.3 is 14.4 Å². The monoisotopic (exact) mass is 433 g/mol. The number of amides is 1. The van der Waals surface area contributed by atoms with Crippen molar-refractivity contribution < 1.29 is 14.3 Å². The largest absolute Gasteiger partial charge is 0.490 e. The smallest absolute Gasteiger partial charge is 0.257 e. The quantitative estimate of drug-likeness (QED) is 0.525. The molecule has 0 unspecified atom stereocenters. The summed E-state index contributed by atoms with van der Waals surface area (Å²) >= 11 is 0. The van der Waals surface area contributed by atoms with Crippen molar-refractivity contribution in [3.05, 3.63) is 76.6 Å². The van der Waals surface area contributed by atoms with Crippen molar-refractivity contribution in [2.45, 2.75) is 46.7 Å². The second-order valence-electron chi connectivity index (χ2n) is 7.91. The van der Waals surface area contributed by atoms with Crippen LogP contribution in [-0.4, -0.2) is 40.3 Å². The molecule has 0 aliphatic carbocycles. The van der Waals surface area contributed by atoms with E-state index < -0.39 is 0 Å². The highest BCUT2D eigenvalue weighted by Crippen LogP contribution is 2.34. The van der Waals surface area contributed by atoms with Crippen molar-refractivity contribution in [1.82, 2.24) is 14.7 Å². The molecule has 168 valence electrons. The number of carbonyl (C=O) groups is 1. The lowest BCUT2D eigenvalue weighted by Crippen LogP contribution is -2.36. The first-order valence-corrected chi connectivity index (χ1v) is 11.4. The van der Waals surface area contributed by atoms with Gasteiger partial charge in [0.1, 0.15) is 0 Å². The minimum atomic E-state index is 0.0404. The average molecular weight is 434 g/mol. The molecule has 0 fully saturated rings. The molecule has 3 aromatic rings. The molecule has 6 heteroatoms. The van der Waals surface area contributed by atoms with Gasteiger partial charge in [0.2, 0.25) is 0 Å². The zero-order valence-electron chi connectivity index (χ0n) is 19.1. The Labute approximate surface area is 189 Å². The lowest BCUT2D eigenvalue weighted by atomic mass is 9.98. The molecule has 0 N–H and O–H groups in total. The molecule has 4 rings (SSSR count). The molecule has 1 amide bonds. The summed E-state index contributed by atoms with van der Waals surface area (Å²) in [6.07, 6.45) is 3.28. The van der Waals surface area contributed by atoms with Gasteiger partial charge in [0.05, 0.1) is 37.2 Å². The Morgan fingerprint density at radius 2 is 1.69 bits per heavy atom. The molecule has 1 aliphatic rings. The van der Waals surface area contributed by atoms with E-state index in [1.165, 1.54) is 11.1 Å². The number of nitrogens with zero attached hydrogens (tertiary/aromatic N) is 3. The molecule has 0 radical (unpaired) electrons. The highest BCUT2D eigenvalue weighted by atomic mass is 16.5. The number of hydrogen-bond donors (Lipinski definition) is 0. The van der Waals surface area contributed by atoms with Gasteiger partial charge in [-0.25, -0.2) is 0 Å². The molecule has 0 atom stereocenters. The predicted molar refractivity (Wildman–Crippen MR) is 124 cm³/mol. The van der Waals surface area contributed by atoms with Crippen LogP contribution >= 0.6 is 0 Å². The summed E-state index contributed by atoms with van der Waals surface area (Å²) in [4.78, 5) is 15.4. The maximum Gasteiger partial charge on any atom is 0.257 e. The first-order valence-electron chi connectivity index (χ1n) is 11.4. The summed E-state index contributed by atoms with van der Waals surface area (Å²) in [6.45, 7) is 9.08. The Bertz CT molecular complexity index is 1080. The lowest BCUT2D eigenvalue weighted by molar-refractivity contribution is 0.0733. The molecule has 2 heterocycles. The third-order valence-electron chi connectivity index (χ3n) is 5.85. The summed E-state index contributed by atoms with van der Waals surface area (Å²) in [6, 6.07) is 14.3. The van der Waals surface area contributed by atoms with Gasteiger partial charge in [0, 0.05) is 13.1 Å². The Kier molecular flexibility index (Phi) is 6.78. The SMILES string of the molecule is CCOc1cc2c(cc1OCC)CN(C(=O)c1cnn(Cc3ccccc3)c1CC)CC2. The van der Waals surface area contributed by atoms with Crippen LogP contribution in [-0.2, 0) is 25.9 Å². The van der Waals surface area contributed by atoms with Crippen LogP contribution in [0.3, 0.4) is 0 Å². The van der Waals surface area contributed by atoms with E-state index in [1.54, 1.807) is 6.20 Å². The van der Waals surface area contributed by atoms with Gasteiger partial charge in [-0.2, -0.15) is 5.10 Å². The van der Waals surface area contributed by atoms with Crippen LogP contribution in [0, 0.1) is 0 Å². The van der Waals surface area contributed by atoms with Crippen LogP contribution in [0.4, 0.5) is 0 Å². The van der Waals surface area contributed by atoms with Crippen molar-refractivity contribution >= 4 is 5.91 Å². The minimum Gasteiger partial charge on any atom is -0.490 e. The topological polar surface area (TPSA) is 56.6 Å². The Balaban J connectivity index is 1.56. The normalized spacial score (nSPS) is 13.0. The Morgan fingerprint density at radius 3 is 2.34 bits per heavy atom. The van der Waals surface area contributed by atoms with Crippen molar-refractivity contribution in [3.8, 4) is 11.5 Å². The number of ether oxygens (including phenoxy) is 2. The van der Waals surface area contributed by atoms with E-state index in [4.69, 9.17) is 9.47 Å². The fraction of sp³-hybridized carbons (Fsp3) is 0.385. The van der Waals surface area contributed by atoms with Crippen LogP contribution in [0.1, 0.15) is 53.5 Å². The Morgan fingerprint density at radius 1 is 1.00 bits per heavy atom. The maximum atomic E-state index is 13.5. The van der Waals surface area contributed by atoms with Gasteiger partial charge in [-0.15, -0.1) is 0 Å². The van der Waals surface area contributed by atoms with Crippen molar-refractivity contribution in [3.63, 3.8) is 0 Å². The zero-order valence-corrected chi connectivity index (χ0v) is 19.1. The molecule has 0 spiro atoms. The molecule has 2 aromatic carbocycles. The van der Waals surface area contributed by atoms with Gasteiger partial charge in [-0.3, -0.25) is 9.48 Å². The number of rotatable bonds is 8. The lowest BCUT2D eigenvalue weighted by Gasteiger charge is -2.30. The van der Waals surface area contributed by atoms with Crippen LogP contribution in [0.2, 0.25) is 0 Å². The number of benzene rings is 2. The standard InChI is InChI=1S/C26H31N3O3/c1-4-23-22(16-27-29(23)17-19-10-8-7-9-11-19)26(30)28-13-12-20-14-24(31-5-2)25(32-6-3)15-21(20)18-28/h7-11,14-16H,4-6,12-13,17-18H2,1-3H3. The first-order chi connectivity index (χ1) is 15.6. The fourth-order valence-corrected chi connectivity index (χ4v) is 4.30. The third-order valence-corrected chi connectivity index (χ3v) is 5.85. The van der Waals surface area contributed by atoms with Crippen LogP contribution in [0.5, 0.6) is 11.5 Å². The third kappa shape index (κ3) is 4.49. The first kappa shape index (κ1) is 21.9. The average Bonchev–Trinajstić information content (AvgIpc) is 3.22. The highest BCUT2D eigenvalue weighted by Gasteiger charge is 2.26. The van der Waals surface area contributed by atoms with Gasteiger partial charge in [-0.05, 0) is 55.5 Å². The van der Waals surface area contributed by atoms with Crippen molar-refractivity contribution in [2.75, 3.05) is 19.8 Å². The van der Waals surface area contributed by atoms with Crippen molar-refractivity contribution in [2.24, 2.45) is 0 Å². The van der Waals surface area contributed by atoms with Crippen LogP contribution < -0.4 is 9.47 Å². The molecule has 1 aliphatic heterocycles. The zero-order chi connectivity index (χ0) is 22.5. The summed E-state index contributed by atoms with van der Waals surface area (Å²) in [7, 11) is 0. The summed E-state index contributed by atoms with van der Waals surface area (Å²) in [5, 5.41) is 4.55. The van der Waals surface area contributed by atoms with E-state index in [0.717, 1.165) is 35.6 Å². The highest BCUT2D eigenvalue weighted by molar-refractivity contribution is 5.95. The molecule has 0 saturated heterocycles. The van der Waals surface area contributed by atoms with E-state index in [2.05, 4.69) is 30.2 Å². The molecular weight excluding hydrogens is 402 g/mol. The second kappa shape index (κ2) is 9.90. The predicted octanol–water partition coefficient (Wildman–Crippen LogP) is 4.49. The van der Waals surface area contributed by atoms with E-state index >= 15 is 0 Å². The van der Waals surface area contributed by atoms with Gasteiger partial charge >= 0.3 is 0 Å². The summed E-state index contributed by atoms with van der Waals surface area (Å²) < 4.78 is 13.5. The van der Waals surface area contributed by atoms with Crippen LogP contribution in [0.25, 0.3) is 0 Å². The van der Waals surface area contributed by atoms with Crippen LogP contribution in [0.15, 0.2) is 48.7 Å². The van der Waals surface area contributed by atoms with E-state index in [1.807, 2.05) is 47.7 Å². The molecule has 0 bridgehead atoms. The number of hydrogen-bond acceptors (Lipinski definition) is 4. The Hall–Kier alpha value is -3.28. The van der Waals surface area contributed by atoms with E-state index in [0.29, 0.717) is 38.4 Å². The van der Waals surface area contributed by atoms with Gasteiger partial charge in [0.25, 0.3) is 5.91 Å². The fourth-order valence-electron chi connectivity index (χ4n) is 4.30. The molecule has 6 nitrogen and oxygen atoms in total. The number of aromatic nitrogens is 2. The van der Waals surface area contributed by atoms with E-state index in [9.17, 15) is 4.79 Å². The van der Waals surface area contributed by atoms with Gasteiger partial charge in [-0.1, -0.05) is 37.3 Å². The molecule has 1 aromatic heterocycles.